The first-order valence-corrected chi connectivity index (χ1v) is 10.4. The normalized spacial score (nSPS) is 12.5. The molecule has 1 heterocycles. The predicted molar refractivity (Wildman–Crippen MR) is 115 cm³/mol. The molecule has 0 N–H and O–H groups in total. The van der Waals surface area contributed by atoms with Gasteiger partial charge in [0.25, 0.3) is 5.91 Å². The van der Waals surface area contributed by atoms with Crippen molar-refractivity contribution in [2.45, 2.75) is 39.0 Å². The summed E-state index contributed by atoms with van der Waals surface area (Å²) in [5.74, 6) is -0.909. The van der Waals surface area contributed by atoms with E-state index in [1.54, 1.807) is 11.8 Å². The highest BCUT2D eigenvalue weighted by Crippen LogP contribution is 2.30. The molecular weight excluding hydrogens is 423 g/mol. The molecule has 0 saturated heterocycles. The van der Waals surface area contributed by atoms with Gasteiger partial charge in [0.1, 0.15) is 6.54 Å². The predicted octanol–water partition coefficient (Wildman–Crippen LogP) is 3.96. The number of aryl methyl sites for hydroxylation is 1. The summed E-state index contributed by atoms with van der Waals surface area (Å²) < 4.78 is 46.3. The smallest absolute Gasteiger partial charge is 0.383 e. The Labute approximate surface area is 186 Å². The van der Waals surface area contributed by atoms with Crippen molar-refractivity contribution in [3.63, 3.8) is 0 Å². The number of alkyl halides is 3. The lowest BCUT2D eigenvalue weighted by atomic mass is 10.1. The largest absolute Gasteiger partial charge is 0.416 e. The Balaban J connectivity index is 2.26. The lowest BCUT2D eigenvalue weighted by molar-refractivity contribution is -0.137. The van der Waals surface area contributed by atoms with Crippen LogP contribution < -0.4 is 0 Å². The molecule has 0 fully saturated rings. The molecule has 0 radical (unpaired) electrons. The SMILES string of the molecule is CCC(C)N(CC(=O)N(CCOC)Cc1cccn1C)C(=O)c1cccc(C(F)(F)F)c1. The van der Waals surface area contributed by atoms with E-state index in [9.17, 15) is 22.8 Å². The highest BCUT2D eigenvalue weighted by molar-refractivity contribution is 5.97. The fraction of sp³-hybridized carbons (Fsp3) is 0.478. The van der Waals surface area contributed by atoms with Gasteiger partial charge in [-0.05, 0) is 43.7 Å². The van der Waals surface area contributed by atoms with Crippen molar-refractivity contribution in [3.05, 3.63) is 59.4 Å². The third kappa shape index (κ3) is 6.59. The molecule has 0 aliphatic heterocycles. The van der Waals surface area contributed by atoms with Gasteiger partial charge in [0.05, 0.1) is 18.7 Å². The molecule has 0 saturated carbocycles. The van der Waals surface area contributed by atoms with E-state index >= 15 is 0 Å². The zero-order valence-corrected chi connectivity index (χ0v) is 18.9. The van der Waals surface area contributed by atoms with Crippen molar-refractivity contribution in [1.29, 1.82) is 0 Å². The number of amides is 2. The van der Waals surface area contributed by atoms with Gasteiger partial charge >= 0.3 is 6.18 Å². The Morgan fingerprint density at radius 3 is 2.47 bits per heavy atom. The van der Waals surface area contributed by atoms with E-state index in [0.717, 1.165) is 17.8 Å². The number of rotatable bonds is 10. The Bertz CT molecular complexity index is 911. The third-order valence-electron chi connectivity index (χ3n) is 5.45. The Morgan fingerprint density at radius 2 is 1.91 bits per heavy atom. The molecule has 2 amide bonds. The van der Waals surface area contributed by atoms with Crippen LogP contribution in [0.1, 0.15) is 41.9 Å². The van der Waals surface area contributed by atoms with Gasteiger partial charge in [-0.1, -0.05) is 13.0 Å². The average molecular weight is 454 g/mol. The van der Waals surface area contributed by atoms with E-state index in [-0.39, 0.29) is 24.1 Å². The second-order valence-corrected chi connectivity index (χ2v) is 7.69. The first-order chi connectivity index (χ1) is 15.1. The van der Waals surface area contributed by atoms with Crippen LogP contribution in [-0.2, 0) is 29.3 Å². The lowest BCUT2D eigenvalue weighted by Crippen LogP contribution is -2.47. The van der Waals surface area contributed by atoms with Crippen LogP contribution in [0.2, 0.25) is 0 Å². The van der Waals surface area contributed by atoms with Gasteiger partial charge in [0, 0.05) is 44.2 Å². The molecule has 9 heteroatoms. The second-order valence-electron chi connectivity index (χ2n) is 7.69. The van der Waals surface area contributed by atoms with E-state index in [2.05, 4.69) is 0 Å². The van der Waals surface area contributed by atoms with Gasteiger partial charge in [-0.15, -0.1) is 0 Å². The van der Waals surface area contributed by atoms with Crippen molar-refractivity contribution >= 4 is 11.8 Å². The first-order valence-electron chi connectivity index (χ1n) is 10.4. The topological polar surface area (TPSA) is 54.8 Å². The molecule has 0 spiro atoms. The zero-order chi connectivity index (χ0) is 23.9. The maximum Gasteiger partial charge on any atom is 0.416 e. The van der Waals surface area contributed by atoms with Crippen LogP contribution in [0.3, 0.4) is 0 Å². The molecule has 2 aromatic rings. The maximum atomic E-state index is 13.2. The van der Waals surface area contributed by atoms with Gasteiger partial charge in [0.15, 0.2) is 0 Å². The van der Waals surface area contributed by atoms with Gasteiger partial charge in [-0.2, -0.15) is 13.2 Å². The summed E-state index contributed by atoms with van der Waals surface area (Å²) >= 11 is 0. The van der Waals surface area contributed by atoms with Crippen molar-refractivity contribution in [1.82, 2.24) is 14.4 Å². The zero-order valence-electron chi connectivity index (χ0n) is 18.9. The van der Waals surface area contributed by atoms with Crippen LogP contribution >= 0.6 is 0 Å². The summed E-state index contributed by atoms with van der Waals surface area (Å²) in [4.78, 5) is 29.2. The Kier molecular flexibility index (Phi) is 8.89. The molecule has 0 bridgehead atoms. The number of nitrogens with zero attached hydrogens (tertiary/aromatic N) is 3. The quantitative estimate of drug-likeness (QED) is 0.547. The fourth-order valence-corrected chi connectivity index (χ4v) is 3.24. The summed E-state index contributed by atoms with van der Waals surface area (Å²) in [6, 6.07) is 7.72. The Hall–Kier alpha value is -2.81. The van der Waals surface area contributed by atoms with E-state index in [1.165, 1.54) is 24.1 Å². The number of carbonyl (C=O) groups is 2. The van der Waals surface area contributed by atoms with Crippen molar-refractivity contribution in [2.24, 2.45) is 7.05 Å². The Morgan fingerprint density at radius 1 is 1.19 bits per heavy atom. The number of hydrogen-bond acceptors (Lipinski definition) is 3. The maximum absolute atomic E-state index is 13.2. The molecule has 1 aromatic heterocycles. The summed E-state index contributed by atoms with van der Waals surface area (Å²) in [5.41, 5.74) is -0.0863. The minimum absolute atomic E-state index is 0.0983. The number of aromatic nitrogens is 1. The van der Waals surface area contributed by atoms with E-state index in [4.69, 9.17) is 4.74 Å². The van der Waals surface area contributed by atoms with Crippen LogP contribution in [0.5, 0.6) is 0 Å². The summed E-state index contributed by atoms with van der Waals surface area (Å²) in [7, 11) is 3.41. The molecule has 6 nitrogen and oxygen atoms in total. The number of halogens is 3. The number of ether oxygens (including phenoxy) is 1. The fourth-order valence-electron chi connectivity index (χ4n) is 3.24. The van der Waals surface area contributed by atoms with E-state index in [0.29, 0.717) is 26.1 Å². The standard InChI is InChI=1S/C23H30F3N3O3/c1-5-17(2)29(22(31)18-8-6-9-19(14-18)23(24,25)26)16-21(30)28(12-13-32-4)15-20-10-7-11-27(20)3/h6-11,14,17H,5,12-13,15-16H2,1-4H3. The minimum Gasteiger partial charge on any atom is -0.383 e. The van der Waals surface area contributed by atoms with Crippen molar-refractivity contribution in [3.8, 4) is 0 Å². The minimum atomic E-state index is -4.56. The van der Waals surface area contributed by atoms with Gasteiger partial charge in [-0.3, -0.25) is 9.59 Å². The second kappa shape index (κ2) is 11.2. The number of hydrogen-bond donors (Lipinski definition) is 0. The van der Waals surface area contributed by atoms with Crippen molar-refractivity contribution < 1.29 is 27.5 Å². The molecular formula is C23H30F3N3O3. The average Bonchev–Trinajstić information content (AvgIpc) is 3.17. The molecule has 0 aliphatic carbocycles. The van der Waals surface area contributed by atoms with E-state index < -0.39 is 17.6 Å². The molecule has 1 unspecified atom stereocenters. The van der Waals surface area contributed by atoms with Crippen LogP contribution in [0, 0.1) is 0 Å². The van der Waals surface area contributed by atoms with Crippen LogP contribution in [0.4, 0.5) is 13.2 Å². The van der Waals surface area contributed by atoms with Gasteiger partial charge in [-0.25, -0.2) is 0 Å². The highest BCUT2D eigenvalue weighted by atomic mass is 19.4. The van der Waals surface area contributed by atoms with Crippen molar-refractivity contribution in [2.75, 3.05) is 26.8 Å². The number of carbonyl (C=O) groups excluding carboxylic acids is 2. The lowest BCUT2D eigenvalue weighted by Gasteiger charge is -2.31. The molecule has 0 aliphatic rings. The molecule has 176 valence electrons. The molecule has 2 rings (SSSR count). The van der Waals surface area contributed by atoms with Crippen LogP contribution in [0.15, 0.2) is 42.6 Å². The number of benzene rings is 1. The van der Waals surface area contributed by atoms with E-state index in [1.807, 2.05) is 36.9 Å². The summed E-state index contributed by atoms with van der Waals surface area (Å²) in [5, 5.41) is 0. The molecule has 32 heavy (non-hydrogen) atoms. The van der Waals surface area contributed by atoms with Gasteiger partial charge in [0.2, 0.25) is 5.91 Å². The monoisotopic (exact) mass is 453 g/mol. The highest BCUT2D eigenvalue weighted by Gasteiger charge is 2.32. The van der Waals surface area contributed by atoms with Crippen LogP contribution in [-0.4, -0.2) is 59.0 Å². The first kappa shape index (κ1) is 25.5. The number of methoxy groups -OCH3 is 1. The molecule has 1 atom stereocenters. The molecule has 1 aromatic carbocycles. The summed E-state index contributed by atoms with van der Waals surface area (Å²) in [6.07, 6.45) is -2.13. The third-order valence-corrected chi connectivity index (χ3v) is 5.45. The van der Waals surface area contributed by atoms with Crippen LogP contribution in [0.25, 0.3) is 0 Å². The van der Waals surface area contributed by atoms with Gasteiger partial charge < -0.3 is 19.1 Å². The summed E-state index contributed by atoms with van der Waals surface area (Å²) in [6.45, 7) is 4.37.